The minimum atomic E-state index is -2.78. The summed E-state index contributed by atoms with van der Waals surface area (Å²) in [6.45, 7) is 11.7. The van der Waals surface area contributed by atoms with Crippen LogP contribution in [0, 0.1) is 0 Å². The lowest BCUT2D eigenvalue weighted by molar-refractivity contribution is -0.195. The molecule has 0 radical (unpaired) electrons. The highest BCUT2D eigenvalue weighted by atomic mass is 31.1. The van der Waals surface area contributed by atoms with E-state index in [4.69, 9.17) is 10.5 Å². The van der Waals surface area contributed by atoms with Crippen LogP contribution in [0.2, 0.25) is 0 Å². The predicted octanol–water partition coefficient (Wildman–Crippen LogP) is 1.92. The highest BCUT2D eigenvalue weighted by Gasteiger charge is 2.46. The van der Waals surface area contributed by atoms with Gasteiger partial charge in [-0.2, -0.15) is 0 Å². The van der Waals surface area contributed by atoms with Crippen molar-refractivity contribution in [2.75, 3.05) is 13.2 Å². The molecule has 6 nitrogen and oxygen atoms in total. The molecule has 0 aliphatic rings. The van der Waals surface area contributed by atoms with E-state index in [1.165, 1.54) is 6.08 Å². The first kappa shape index (κ1) is 21.8. The molecule has 0 amide bonds. The standard InChI is InChI=1S/C15H33N2O4P/c1-6-11-21-15(19,14(18)9-7-8-10-16)22(20)17(12(2)3)13(4)5/h6,12-14,18-19,22H,1,7-11,16H2,2-5H3. The number of ether oxygens (including phenoxy) is 1. The average Bonchev–Trinajstić information content (AvgIpc) is 2.43. The van der Waals surface area contributed by atoms with E-state index >= 15 is 0 Å². The Morgan fingerprint density at radius 2 is 1.86 bits per heavy atom. The first-order chi connectivity index (χ1) is 10.2. The Bertz CT molecular complexity index is 344. The molecule has 0 aromatic heterocycles. The van der Waals surface area contributed by atoms with E-state index < -0.39 is 19.6 Å². The Hall–Kier alpha value is -0.230. The Labute approximate surface area is 135 Å². The third kappa shape index (κ3) is 6.11. The quantitative estimate of drug-likeness (QED) is 0.218. The average molecular weight is 336 g/mol. The number of nitrogens with two attached hydrogens (primary N) is 1. The molecule has 0 spiro atoms. The van der Waals surface area contributed by atoms with Gasteiger partial charge in [-0.1, -0.05) is 6.08 Å². The lowest BCUT2D eigenvalue weighted by Gasteiger charge is -2.39. The molecule has 4 N–H and O–H groups in total. The maximum absolute atomic E-state index is 12.9. The second-order valence-electron chi connectivity index (χ2n) is 6.00. The summed E-state index contributed by atoms with van der Waals surface area (Å²) in [5.41, 5.74) is 3.36. The van der Waals surface area contributed by atoms with Crippen LogP contribution in [0.3, 0.4) is 0 Å². The monoisotopic (exact) mass is 336 g/mol. The van der Waals surface area contributed by atoms with Gasteiger partial charge >= 0.3 is 0 Å². The molecule has 132 valence electrons. The van der Waals surface area contributed by atoms with Gasteiger partial charge in [0.25, 0.3) is 5.53 Å². The van der Waals surface area contributed by atoms with Crippen LogP contribution >= 0.6 is 7.95 Å². The van der Waals surface area contributed by atoms with E-state index in [-0.39, 0.29) is 25.1 Å². The highest BCUT2D eigenvalue weighted by Crippen LogP contribution is 2.47. The molecule has 7 heteroatoms. The Morgan fingerprint density at radius 1 is 1.32 bits per heavy atom. The summed E-state index contributed by atoms with van der Waals surface area (Å²) in [6, 6.07) is -0.0806. The molecular weight excluding hydrogens is 303 g/mol. The summed E-state index contributed by atoms with van der Waals surface area (Å²) < 4.78 is 20.0. The van der Waals surface area contributed by atoms with Crippen LogP contribution in [-0.2, 0) is 9.30 Å². The molecule has 3 atom stereocenters. The molecular formula is C15H33N2O4P. The van der Waals surface area contributed by atoms with Crippen molar-refractivity contribution in [3.8, 4) is 0 Å². The van der Waals surface area contributed by atoms with Gasteiger partial charge < -0.3 is 25.2 Å². The zero-order chi connectivity index (χ0) is 17.3. The number of aliphatic hydroxyl groups excluding tert-OH is 1. The van der Waals surface area contributed by atoms with Gasteiger partial charge in [0.15, 0.2) is 7.95 Å². The van der Waals surface area contributed by atoms with Crippen molar-refractivity contribution in [1.29, 1.82) is 0 Å². The van der Waals surface area contributed by atoms with Gasteiger partial charge in [-0.05, 0) is 53.5 Å². The summed E-state index contributed by atoms with van der Waals surface area (Å²) in [7, 11) is -2.78. The fourth-order valence-electron chi connectivity index (χ4n) is 2.41. The number of rotatable bonds is 12. The third-order valence-electron chi connectivity index (χ3n) is 3.46. The summed E-state index contributed by atoms with van der Waals surface area (Å²) in [4.78, 5) is 0. The van der Waals surface area contributed by atoms with E-state index in [1.807, 2.05) is 27.7 Å². The normalized spacial score (nSPS) is 17.7. The SMILES string of the molecule is C=CCOC(O)(C(O)CCCCN)[PH](=O)N(C(C)C)C(C)C. The molecule has 0 saturated heterocycles. The maximum Gasteiger partial charge on any atom is 0.258 e. The largest absolute Gasteiger partial charge is 0.387 e. The van der Waals surface area contributed by atoms with E-state index in [9.17, 15) is 14.8 Å². The molecule has 0 fully saturated rings. The topological polar surface area (TPSA) is 96.0 Å². The van der Waals surface area contributed by atoms with Crippen molar-refractivity contribution in [3.05, 3.63) is 12.7 Å². The van der Waals surface area contributed by atoms with E-state index in [0.717, 1.165) is 6.42 Å². The Balaban J connectivity index is 5.28. The van der Waals surface area contributed by atoms with E-state index in [0.29, 0.717) is 13.0 Å². The van der Waals surface area contributed by atoms with Gasteiger partial charge in [0, 0.05) is 12.1 Å². The van der Waals surface area contributed by atoms with Crippen molar-refractivity contribution in [2.24, 2.45) is 5.73 Å². The molecule has 0 aliphatic heterocycles. The molecule has 0 bridgehead atoms. The van der Waals surface area contributed by atoms with Crippen LogP contribution in [0.1, 0.15) is 47.0 Å². The minimum absolute atomic E-state index is 0.0187. The molecule has 0 aliphatic carbocycles. The van der Waals surface area contributed by atoms with Crippen molar-refractivity contribution >= 4 is 7.95 Å². The lowest BCUT2D eigenvalue weighted by atomic mass is 10.1. The molecule has 3 unspecified atom stereocenters. The molecule has 0 saturated carbocycles. The predicted molar refractivity (Wildman–Crippen MR) is 91.1 cm³/mol. The van der Waals surface area contributed by atoms with Gasteiger partial charge in [-0.3, -0.25) is 0 Å². The highest BCUT2D eigenvalue weighted by molar-refractivity contribution is 7.43. The van der Waals surface area contributed by atoms with E-state index in [2.05, 4.69) is 6.58 Å². The van der Waals surface area contributed by atoms with Crippen LogP contribution in [0.5, 0.6) is 0 Å². The molecule has 0 aromatic rings. The maximum atomic E-state index is 12.9. The smallest absolute Gasteiger partial charge is 0.258 e. The van der Waals surface area contributed by atoms with Crippen molar-refractivity contribution in [2.45, 2.75) is 70.7 Å². The second-order valence-corrected chi connectivity index (χ2v) is 7.84. The van der Waals surface area contributed by atoms with Crippen molar-refractivity contribution in [1.82, 2.24) is 4.67 Å². The third-order valence-corrected chi connectivity index (χ3v) is 6.05. The number of unbranched alkanes of at least 4 members (excludes halogenated alkanes) is 1. The summed E-state index contributed by atoms with van der Waals surface area (Å²) in [5, 5.41) is 21.1. The van der Waals surface area contributed by atoms with Gasteiger partial charge in [-0.25, -0.2) is 4.67 Å². The Kier molecular flexibility index (Phi) is 10.4. The minimum Gasteiger partial charge on any atom is -0.387 e. The number of aliphatic hydroxyl groups is 2. The zero-order valence-electron chi connectivity index (χ0n) is 14.3. The van der Waals surface area contributed by atoms with Crippen LogP contribution in [-0.4, -0.2) is 51.8 Å². The van der Waals surface area contributed by atoms with Crippen molar-refractivity contribution < 1.29 is 19.5 Å². The molecule has 22 heavy (non-hydrogen) atoms. The molecule has 0 aromatic carbocycles. The van der Waals surface area contributed by atoms with Gasteiger partial charge in [0.2, 0.25) is 0 Å². The van der Waals surface area contributed by atoms with Crippen LogP contribution in [0.4, 0.5) is 0 Å². The molecule has 0 heterocycles. The first-order valence-corrected chi connectivity index (χ1v) is 9.26. The Morgan fingerprint density at radius 3 is 2.27 bits per heavy atom. The summed E-state index contributed by atoms with van der Waals surface area (Å²) in [6.07, 6.45) is 1.88. The summed E-state index contributed by atoms with van der Waals surface area (Å²) in [5.74, 6) is 0. The second kappa shape index (κ2) is 10.5. The van der Waals surface area contributed by atoms with Gasteiger partial charge in [-0.15, -0.1) is 6.58 Å². The zero-order valence-corrected chi connectivity index (χ0v) is 15.3. The lowest BCUT2D eigenvalue weighted by Crippen LogP contribution is -2.47. The van der Waals surface area contributed by atoms with Crippen LogP contribution < -0.4 is 5.73 Å². The fraction of sp³-hybridized carbons (Fsp3) is 0.867. The van der Waals surface area contributed by atoms with E-state index in [1.54, 1.807) is 4.67 Å². The summed E-state index contributed by atoms with van der Waals surface area (Å²) >= 11 is 0. The van der Waals surface area contributed by atoms with Crippen LogP contribution in [0.25, 0.3) is 0 Å². The number of hydrogen-bond donors (Lipinski definition) is 3. The molecule has 0 rings (SSSR count). The van der Waals surface area contributed by atoms with Gasteiger partial charge in [0.05, 0.1) is 6.61 Å². The first-order valence-electron chi connectivity index (χ1n) is 7.90. The van der Waals surface area contributed by atoms with Gasteiger partial charge in [0.1, 0.15) is 6.10 Å². The number of nitrogens with zero attached hydrogens (tertiary/aromatic N) is 1. The number of hydrogen-bond acceptors (Lipinski definition) is 5. The fourth-order valence-corrected chi connectivity index (χ4v) is 4.36. The van der Waals surface area contributed by atoms with Crippen molar-refractivity contribution in [3.63, 3.8) is 0 Å². The van der Waals surface area contributed by atoms with Crippen LogP contribution in [0.15, 0.2) is 12.7 Å².